The summed E-state index contributed by atoms with van der Waals surface area (Å²) in [6.45, 7) is 3.44. The Morgan fingerprint density at radius 3 is 2.56 bits per heavy atom. The van der Waals surface area contributed by atoms with Crippen LogP contribution in [0.1, 0.15) is 39.0 Å². The summed E-state index contributed by atoms with van der Waals surface area (Å²) in [6.07, 6.45) is 7.06. The first-order chi connectivity index (χ1) is 7.81. The normalized spacial score (nSPS) is 35.2. The molecule has 16 heavy (non-hydrogen) atoms. The van der Waals surface area contributed by atoms with E-state index in [0.717, 1.165) is 18.1 Å². The number of nitrogens with zero attached hydrogens (tertiary/aromatic N) is 1. The molecule has 0 aromatic rings. The first kappa shape index (κ1) is 12.7. The van der Waals surface area contributed by atoms with E-state index in [-0.39, 0.29) is 0 Å². The molecule has 2 atom stereocenters. The van der Waals surface area contributed by atoms with Crippen LogP contribution in [-0.2, 0) is 0 Å². The van der Waals surface area contributed by atoms with Gasteiger partial charge in [-0.15, -0.1) is 0 Å². The Morgan fingerprint density at radius 1 is 1.25 bits per heavy atom. The average Bonchev–Trinajstić information content (AvgIpc) is 2.25. The standard InChI is InChI=1S/C13H26N2S/c1-3-16-8-7-14-11-9-12-5-4-6-13(10-11)15(12)2/h11-14H,3-10H2,1-2H3. The van der Waals surface area contributed by atoms with Crippen LogP contribution in [-0.4, -0.2) is 48.1 Å². The summed E-state index contributed by atoms with van der Waals surface area (Å²) in [5, 5.41) is 3.76. The molecule has 2 heterocycles. The lowest BCUT2D eigenvalue weighted by atomic mass is 9.82. The van der Waals surface area contributed by atoms with E-state index >= 15 is 0 Å². The van der Waals surface area contributed by atoms with E-state index < -0.39 is 0 Å². The van der Waals surface area contributed by atoms with E-state index in [0.29, 0.717) is 0 Å². The van der Waals surface area contributed by atoms with Crippen LogP contribution in [0.5, 0.6) is 0 Å². The van der Waals surface area contributed by atoms with E-state index in [1.54, 1.807) is 0 Å². The minimum Gasteiger partial charge on any atom is -0.313 e. The summed E-state index contributed by atoms with van der Waals surface area (Å²) in [6, 6.07) is 2.52. The summed E-state index contributed by atoms with van der Waals surface area (Å²) in [5.41, 5.74) is 0. The number of piperidine rings is 2. The van der Waals surface area contributed by atoms with Gasteiger partial charge in [-0.1, -0.05) is 13.3 Å². The molecule has 0 aliphatic carbocycles. The molecule has 2 nitrogen and oxygen atoms in total. The maximum atomic E-state index is 3.76. The van der Waals surface area contributed by atoms with Crippen LogP contribution in [0.15, 0.2) is 0 Å². The lowest BCUT2D eigenvalue weighted by molar-refractivity contribution is 0.0491. The van der Waals surface area contributed by atoms with Gasteiger partial charge in [0.25, 0.3) is 0 Å². The maximum Gasteiger partial charge on any atom is 0.0110 e. The third kappa shape index (κ3) is 3.14. The summed E-state index contributed by atoms with van der Waals surface area (Å²) in [7, 11) is 2.33. The van der Waals surface area contributed by atoms with Gasteiger partial charge in [0.1, 0.15) is 0 Å². The van der Waals surface area contributed by atoms with Crippen molar-refractivity contribution >= 4 is 11.8 Å². The van der Waals surface area contributed by atoms with Gasteiger partial charge in [-0.3, -0.25) is 0 Å². The molecule has 2 aliphatic heterocycles. The molecule has 0 radical (unpaired) electrons. The molecule has 2 bridgehead atoms. The molecule has 2 saturated heterocycles. The van der Waals surface area contributed by atoms with Crippen LogP contribution in [0.2, 0.25) is 0 Å². The lowest BCUT2D eigenvalue weighted by Crippen LogP contribution is -2.54. The Hall–Kier alpha value is 0.270. The van der Waals surface area contributed by atoms with Crippen molar-refractivity contribution in [3.05, 3.63) is 0 Å². The second-order valence-electron chi connectivity index (χ2n) is 5.22. The fraction of sp³-hybridized carbons (Fsp3) is 1.00. The Kier molecular flexibility index (Phi) is 4.98. The van der Waals surface area contributed by atoms with E-state index in [4.69, 9.17) is 0 Å². The fourth-order valence-corrected chi connectivity index (χ4v) is 3.81. The van der Waals surface area contributed by atoms with Crippen molar-refractivity contribution in [2.75, 3.05) is 25.1 Å². The van der Waals surface area contributed by atoms with Gasteiger partial charge in [0.05, 0.1) is 0 Å². The summed E-state index contributed by atoms with van der Waals surface area (Å²) >= 11 is 2.05. The number of fused-ring (bicyclic) bond motifs is 2. The third-order valence-electron chi connectivity index (χ3n) is 4.22. The maximum absolute atomic E-state index is 3.76. The number of hydrogen-bond acceptors (Lipinski definition) is 3. The summed E-state index contributed by atoms with van der Waals surface area (Å²) in [4.78, 5) is 2.64. The van der Waals surface area contributed by atoms with E-state index in [1.165, 1.54) is 50.2 Å². The predicted molar refractivity (Wildman–Crippen MR) is 73.2 cm³/mol. The predicted octanol–water partition coefficient (Wildman–Crippen LogP) is 2.34. The zero-order valence-electron chi connectivity index (χ0n) is 10.7. The van der Waals surface area contributed by atoms with Crippen molar-refractivity contribution in [2.24, 2.45) is 0 Å². The van der Waals surface area contributed by atoms with Crippen LogP contribution < -0.4 is 5.32 Å². The molecule has 0 spiro atoms. The smallest absolute Gasteiger partial charge is 0.0110 e. The van der Waals surface area contributed by atoms with Crippen LogP contribution in [0.25, 0.3) is 0 Å². The van der Waals surface area contributed by atoms with E-state index in [2.05, 4.69) is 24.2 Å². The van der Waals surface area contributed by atoms with Crippen molar-refractivity contribution in [2.45, 2.75) is 57.2 Å². The van der Waals surface area contributed by atoms with Gasteiger partial charge in [0.15, 0.2) is 0 Å². The van der Waals surface area contributed by atoms with Gasteiger partial charge in [0.2, 0.25) is 0 Å². The highest BCUT2D eigenvalue weighted by molar-refractivity contribution is 7.99. The van der Waals surface area contributed by atoms with Gasteiger partial charge in [-0.25, -0.2) is 0 Å². The van der Waals surface area contributed by atoms with Crippen molar-refractivity contribution in [3.8, 4) is 0 Å². The molecule has 2 aliphatic rings. The van der Waals surface area contributed by atoms with Crippen molar-refractivity contribution in [1.82, 2.24) is 10.2 Å². The van der Waals surface area contributed by atoms with Gasteiger partial charge < -0.3 is 10.2 Å². The molecule has 1 N–H and O–H groups in total. The highest BCUT2D eigenvalue weighted by atomic mass is 32.2. The van der Waals surface area contributed by atoms with Crippen LogP contribution in [0.3, 0.4) is 0 Å². The van der Waals surface area contributed by atoms with Crippen molar-refractivity contribution in [3.63, 3.8) is 0 Å². The molecule has 0 saturated carbocycles. The Morgan fingerprint density at radius 2 is 1.94 bits per heavy atom. The molecule has 0 aromatic heterocycles. The molecular formula is C13H26N2S. The Bertz CT molecular complexity index is 196. The van der Waals surface area contributed by atoms with Crippen LogP contribution >= 0.6 is 11.8 Å². The minimum absolute atomic E-state index is 0.795. The van der Waals surface area contributed by atoms with Crippen LogP contribution in [0.4, 0.5) is 0 Å². The van der Waals surface area contributed by atoms with Crippen LogP contribution in [0, 0.1) is 0 Å². The topological polar surface area (TPSA) is 15.3 Å². The fourth-order valence-electron chi connectivity index (χ4n) is 3.26. The number of thioether (sulfide) groups is 1. The quantitative estimate of drug-likeness (QED) is 0.745. The van der Waals surface area contributed by atoms with Crippen molar-refractivity contribution < 1.29 is 0 Å². The third-order valence-corrected chi connectivity index (χ3v) is 5.12. The Balaban J connectivity index is 1.72. The second-order valence-corrected chi connectivity index (χ2v) is 6.62. The molecule has 0 amide bonds. The van der Waals surface area contributed by atoms with Crippen molar-refractivity contribution in [1.29, 1.82) is 0 Å². The van der Waals surface area contributed by atoms with Gasteiger partial charge in [0, 0.05) is 30.4 Å². The average molecular weight is 242 g/mol. The van der Waals surface area contributed by atoms with Gasteiger partial charge in [-0.2, -0.15) is 11.8 Å². The molecular weight excluding hydrogens is 216 g/mol. The lowest BCUT2D eigenvalue weighted by Gasteiger charge is -2.47. The molecule has 2 fully saturated rings. The molecule has 0 aromatic carbocycles. The summed E-state index contributed by atoms with van der Waals surface area (Å²) < 4.78 is 0. The second kappa shape index (κ2) is 6.27. The number of rotatable bonds is 5. The molecule has 94 valence electrons. The number of nitrogens with one attached hydrogen (secondary N) is 1. The van der Waals surface area contributed by atoms with E-state index in [9.17, 15) is 0 Å². The van der Waals surface area contributed by atoms with E-state index in [1.807, 2.05) is 11.8 Å². The molecule has 2 rings (SSSR count). The summed E-state index contributed by atoms with van der Waals surface area (Å²) in [5.74, 6) is 2.53. The zero-order valence-corrected chi connectivity index (χ0v) is 11.6. The highest BCUT2D eigenvalue weighted by Crippen LogP contribution is 2.32. The largest absolute Gasteiger partial charge is 0.313 e. The molecule has 2 unspecified atom stereocenters. The van der Waals surface area contributed by atoms with Gasteiger partial charge >= 0.3 is 0 Å². The highest BCUT2D eigenvalue weighted by Gasteiger charge is 2.35. The Labute approximate surface area is 105 Å². The number of hydrogen-bond donors (Lipinski definition) is 1. The first-order valence-electron chi connectivity index (χ1n) is 6.84. The first-order valence-corrected chi connectivity index (χ1v) is 7.99. The minimum atomic E-state index is 0.795. The monoisotopic (exact) mass is 242 g/mol. The zero-order chi connectivity index (χ0) is 11.4. The molecule has 3 heteroatoms. The van der Waals surface area contributed by atoms with Gasteiger partial charge in [-0.05, 0) is 38.5 Å². The SMILES string of the molecule is CCSCCNC1CC2CCCC(C1)N2C.